The Kier molecular flexibility index (Phi) is 5.66. The van der Waals surface area contributed by atoms with Crippen LogP contribution >= 0.6 is 0 Å². The Morgan fingerprint density at radius 1 is 1.35 bits per heavy atom. The maximum atomic E-state index is 11.5. The zero-order valence-corrected chi connectivity index (χ0v) is 10.5. The van der Waals surface area contributed by atoms with Gasteiger partial charge in [-0.2, -0.15) is 0 Å². The summed E-state index contributed by atoms with van der Waals surface area (Å²) in [7, 11) is 3.06. The third-order valence-electron chi connectivity index (χ3n) is 2.48. The van der Waals surface area contributed by atoms with E-state index in [4.69, 9.17) is 9.47 Å². The highest BCUT2D eigenvalue weighted by Gasteiger charge is 2.11. The summed E-state index contributed by atoms with van der Waals surface area (Å²) in [6, 6.07) is 7.66. The molecule has 94 valence electrons. The molecule has 0 fully saturated rings. The Morgan fingerprint density at radius 3 is 2.71 bits per heavy atom. The van der Waals surface area contributed by atoms with Crippen LogP contribution in [0.2, 0.25) is 0 Å². The normalized spacial score (nSPS) is 12.2. The lowest BCUT2D eigenvalue weighted by Crippen LogP contribution is -2.30. The van der Waals surface area contributed by atoms with Crippen molar-refractivity contribution in [2.24, 2.45) is 0 Å². The second kappa shape index (κ2) is 7.04. The molecule has 0 aliphatic rings. The molecule has 0 saturated heterocycles. The summed E-state index contributed by atoms with van der Waals surface area (Å²) in [4.78, 5) is 11.5. The highest BCUT2D eigenvalue weighted by Crippen LogP contribution is 2.10. The van der Waals surface area contributed by atoms with Crippen LogP contribution in [-0.2, 0) is 16.0 Å². The lowest BCUT2D eigenvalue weighted by atomic mass is 10.1. The minimum atomic E-state index is -0.304. The van der Waals surface area contributed by atoms with Gasteiger partial charge in [0, 0.05) is 19.7 Å². The summed E-state index contributed by atoms with van der Waals surface area (Å²) >= 11 is 0. The van der Waals surface area contributed by atoms with Crippen molar-refractivity contribution in [2.45, 2.75) is 19.5 Å². The monoisotopic (exact) mass is 237 g/mol. The fourth-order valence-corrected chi connectivity index (χ4v) is 1.58. The summed E-state index contributed by atoms with van der Waals surface area (Å²) in [5.74, 6) is -0.304. The van der Waals surface area contributed by atoms with E-state index < -0.39 is 0 Å². The lowest BCUT2D eigenvalue weighted by Gasteiger charge is -2.14. The van der Waals surface area contributed by atoms with Crippen LogP contribution in [0.15, 0.2) is 24.3 Å². The maximum Gasteiger partial charge on any atom is 0.338 e. The van der Waals surface area contributed by atoms with E-state index in [1.54, 1.807) is 13.2 Å². The molecule has 0 radical (unpaired) electrons. The standard InChI is InChI=1S/C13H19NO3/c1-10(9-16-2)14-8-11-6-4-5-7-12(11)13(15)17-3/h4-7,10,14H,8-9H2,1-3H3. The molecule has 0 aromatic heterocycles. The van der Waals surface area contributed by atoms with Crippen molar-refractivity contribution in [3.63, 3.8) is 0 Å². The average molecular weight is 237 g/mol. The highest BCUT2D eigenvalue weighted by atomic mass is 16.5. The third-order valence-corrected chi connectivity index (χ3v) is 2.48. The molecule has 0 amide bonds. The van der Waals surface area contributed by atoms with Crippen molar-refractivity contribution in [1.82, 2.24) is 5.32 Å². The smallest absolute Gasteiger partial charge is 0.338 e. The number of hydrogen-bond donors (Lipinski definition) is 1. The number of nitrogens with one attached hydrogen (secondary N) is 1. The molecule has 1 aromatic rings. The van der Waals surface area contributed by atoms with Crippen molar-refractivity contribution in [1.29, 1.82) is 0 Å². The van der Waals surface area contributed by atoms with E-state index in [0.29, 0.717) is 18.7 Å². The first-order valence-electron chi connectivity index (χ1n) is 5.57. The average Bonchev–Trinajstić information content (AvgIpc) is 2.36. The fourth-order valence-electron chi connectivity index (χ4n) is 1.58. The summed E-state index contributed by atoms with van der Waals surface area (Å²) in [6.45, 7) is 3.29. The molecule has 4 nitrogen and oxygen atoms in total. The predicted octanol–water partition coefficient (Wildman–Crippen LogP) is 1.60. The predicted molar refractivity (Wildman–Crippen MR) is 66.0 cm³/mol. The van der Waals surface area contributed by atoms with Crippen LogP contribution < -0.4 is 5.32 Å². The van der Waals surface area contributed by atoms with Crippen LogP contribution in [0, 0.1) is 0 Å². The molecule has 0 aliphatic carbocycles. The molecular formula is C13H19NO3. The van der Waals surface area contributed by atoms with Gasteiger partial charge in [-0.05, 0) is 18.6 Å². The number of carbonyl (C=O) groups is 1. The second-order valence-electron chi connectivity index (χ2n) is 3.89. The Bertz CT molecular complexity index is 365. The van der Waals surface area contributed by atoms with Crippen LogP contribution in [0.25, 0.3) is 0 Å². The first-order chi connectivity index (χ1) is 8.19. The Hall–Kier alpha value is -1.39. The molecule has 17 heavy (non-hydrogen) atoms. The minimum absolute atomic E-state index is 0.241. The number of hydrogen-bond acceptors (Lipinski definition) is 4. The van der Waals surface area contributed by atoms with Gasteiger partial charge in [0.05, 0.1) is 19.3 Å². The van der Waals surface area contributed by atoms with Gasteiger partial charge in [0.15, 0.2) is 0 Å². The van der Waals surface area contributed by atoms with Gasteiger partial charge < -0.3 is 14.8 Å². The molecule has 1 atom stereocenters. The van der Waals surface area contributed by atoms with Crippen LogP contribution in [-0.4, -0.2) is 32.8 Å². The van der Waals surface area contributed by atoms with Gasteiger partial charge in [-0.25, -0.2) is 4.79 Å². The Balaban J connectivity index is 2.67. The Labute approximate surface area is 102 Å². The summed E-state index contributed by atoms with van der Waals surface area (Å²) in [5, 5.41) is 3.29. The van der Waals surface area contributed by atoms with Gasteiger partial charge in [0.25, 0.3) is 0 Å². The molecule has 0 bridgehead atoms. The van der Waals surface area contributed by atoms with E-state index >= 15 is 0 Å². The lowest BCUT2D eigenvalue weighted by molar-refractivity contribution is 0.0599. The van der Waals surface area contributed by atoms with Gasteiger partial charge >= 0.3 is 5.97 Å². The SMILES string of the molecule is COCC(C)NCc1ccccc1C(=O)OC. The number of rotatable bonds is 6. The summed E-state index contributed by atoms with van der Waals surface area (Å²) in [5.41, 5.74) is 1.54. The van der Waals surface area contributed by atoms with Gasteiger partial charge in [-0.1, -0.05) is 18.2 Å². The van der Waals surface area contributed by atoms with E-state index in [1.165, 1.54) is 7.11 Å². The van der Waals surface area contributed by atoms with Crippen LogP contribution in [0.5, 0.6) is 0 Å². The third kappa shape index (κ3) is 4.17. The largest absolute Gasteiger partial charge is 0.465 e. The van der Waals surface area contributed by atoms with E-state index in [9.17, 15) is 4.79 Å². The Morgan fingerprint density at radius 2 is 2.06 bits per heavy atom. The van der Waals surface area contributed by atoms with Gasteiger partial charge in [0.1, 0.15) is 0 Å². The molecule has 1 N–H and O–H groups in total. The first-order valence-corrected chi connectivity index (χ1v) is 5.57. The zero-order chi connectivity index (χ0) is 12.7. The zero-order valence-electron chi connectivity index (χ0n) is 10.5. The van der Waals surface area contributed by atoms with Crippen molar-refractivity contribution in [3.8, 4) is 0 Å². The van der Waals surface area contributed by atoms with Gasteiger partial charge in [-0.3, -0.25) is 0 Å². The van der Waals surface area contributed by atoms with Gasteiger partial charge in [0.2, 0.25) is 0 Å². The fraction of sp³-hybridized carbons (Fsp3) is 0.462. The molecule has 1 unspecified atom stereocenters. The minimum Gasteiger partial charge on any atom is -0.465 e. The number of benzene rings is 1. The van der Waals surface area contributed by atoms with Crippen LogP contribution in [0.4, 0.5) is 0 Å². The van der Waals surface area contributed by atoms with E-state index in [-0.39, 0.29) is 12.0 Å². The molecule has 1 rings (SSSR count). The molecule has 0 aliphatic heterocycles. The van der Waals surface area contributed by atoms with E-state index in [0.717, 1.165) is 5.56 Å². The molecule has 4 heteroatoms. The molecular weight excluding hydrogens is 218 g/mol. The number of methoxy groups -OCH3 is 2. The maximum absolute atomic E-state index is 11.5. The van der Waals surface area contributed by atoms with E-state index in [1.807, 2.05) is 25.1 Å². The highest BCUT2D eigenvalue weighted by molar-refractivity contribution is 5.90. The molecule has 0 spiro atoms. The van der Waals surface area contributed by atoms with Crippen LogP contribution in [0.1, 0.15) is 22.8 Å². The molecule has 0 saturated carbocycles. The number of ether oxygens (including phenoxy) is 2. The topological polar surface area (TPSA) is 47.6 Å². The number of esters is 1. The summed E-state index contributed by atoms with van der Waals surface area (Å²) in [6.07, 6.45) is 0. The van der Waals surface area contributed by atoms with Crippen molar-refractivity contribution in [3.05, 3.63) is 35.4 Å². The van der Waals surface area contributed by atoms with Crippen molar-refractivity contribution < 1.29 is 14.3 Å². The quantitative estimate of drug-likeness (QED) is 0.763. The van der Waals surface area contributed by atoms with Crippen LogP contribution in [0.3, 0.4) is 0 Å². The first kappa shape index (κ1) is 13.7. The molecule has 0 heterocycles. The molecule has 1 aromatic carbocycles. The second-order valence-corrected chi connectivity index (χ2v) is 3.89. The number of carbonyl (C=O) groups excluding carboxylic acids is 1. The van der Waals surface area contributed by atoms with Gasteiger partial charge in [-0.15, -0.1) is 0 Å². The van der Waals surface area contributed by atoms with E-state index in [2.05, 4.69) is 5.32 Å². The summed E-state index contributed by atoms with van der Waals surface area (Å²) < 4.78 is 9.78. The van der Waals surface area contributed by atoms with Crippen molar-refractivity contribution in [2.75, 3.05) is 20.8 Å². The van der Waals surface area contributed by atoms with Crippen molar-refractivity contribution >= 4 is 5.97 Å².